The monoisotopic (exact) mass is 420 g/mol. The van der Waals surface area contributed by atoms with Crippen LogP contribution in [-0.4, -0.2) is 21.9 Å². The van der Waals surface area contributed by atoms with Crippen molar-refractivity contribution in [3.8, 4) is 0 Å². The van der Waals surface area contributed by atoms with E-state index in [0.717, 1.165) is 3.97 Å². The van der Waals surface area contributed by atoms with Crippen LogP contribution in [0.25, 0.3) is 43.6 Å². The highest BCUT2D eigenvalue weighted by Crippen LogP contribution is 2.29. The molecule has 150 valence electrons. The number of pyridine rings is 2. The minimum absolute atomic E-state index is 0.0358. The molecule has 0 radical (unpaired) electrons. The predicted molar refractivity (Wildman–Crippen MR) is 118 cm³/mol. The van der Waals surface area contributed by atoms with Crippen molar-refractivity contribution >= 4 is 53.9 Å². The number of benzene rings is 3. The van der Waals surface area contributed by atoms with Crippen LogP contribution >= 0.6 is 0 Å². The van der Waals surface area contributed by atoms with E-state index in [0.29, 0.717) is 27.5 Å². The van der Waals surface area contributed by atoms with Crippen molar-refractivity contribution in [1.82, 2.24) is 8.96 Å². The van der Waals surface area contributed by atoms with E-state index >= 15 is 0 Å². The molecular weight excluding hydrogens is 404 g/mol. The smallest absolute Gasteiger partial charge is 0.354 e. The summed E-state index contributed by atoms with van der Waals surface area (Å²) in [5.74, 6) is 0. The number of aryl methyl sites for hydroxylation is 2. The Balaban J connectivity index is 2.20. The van der Waals surface area contributed by atoms with Gasteiger partial charge in [0.1, 0.15) is 0 Å². The molecule has 0 amide bonds. The zero-order chi connectivity index (χ0) is 21.4. The first-order valence-electron chi connectivity index (χ1n) is 9.20. The van der Waals surface area contributed by atoms with Gasteiger partial charge in [-0.1, -0.05) is 24.3 Å². The topological polar surface area (TPSA) is 109 Å². The van der Waals surface area contributed by atoms with Gasteiger partial charge in [0.15, 0.2) is 10.9 Å². The van der Waals surface area contributed by atoms with Gasteiger partial charge in [0.25, 0.3) is 0 Å². The van der Waals surface area contributed by atoms with Gasteiger partial charge in [-0.25, -0.2) is 3.97 Å². The summed E-state index contributed by atoms with van der Waals surface area (Å²) in [7, 11) is -4.76. The highest BCUT2D eigenvalue weighted by Gasteiger charge is 2.22. The van der Waals surface area contributed by atoms with Crippen LogP contribution in [0.5, 0.6) is 0 Å². The summed E-state index contributed by atoms with van der Waals surface area (Å²) >= 11 is 0. The van der Waals surface area contributed by atoms with Crippen molar-refractivity contribution in [1.29, 1.82) is 0 Å². The largest absolute Gasteiger partial charge is 0.364 e. The minimum Gasteiger partial charge on any atom is -0.354 e. The van der Waals surface area contributed by atoms with Gasteiger partial charge in [-0.2, -0.15) is 8.42 Å². The molecule has 3 aromatic carbocycles. The summed E-state index contributed by atoms with van der Waals surface area (Å²) in [5, 5.41) is 1.02. The maximum atomic E-state index is 13.4. The highest BCUT2D eigenvalue weighted by atomic mass is 32.2. The molecule has 0 fully saturated rings. The molecule has 0 spiro atoms. The van der Waals surface area contributed by atoms with E-state index in [1.165, 1.54) is 12.1 Å². The van der Waals surface area contributed by atoms with Crippen molar-refractivity contribution in [2.24, 2.45) is 0 Å². The molecule has 5 aromatic rings. The predicted octanol–water partition coefficient (Wildman–Crippen LogP) is 3.42. The van der Waals surface area contributed by atoms with Crippen LogP contribution in [0.15, 0.2) is 58.1 Å². The fourth-order valence-corrected chi connectivity index (χ4v) is 5.07. The Labute approximate surface area is 170 Å². The molecule has 2 aromatic heterocycles. The van der Waals surface area contributed by atoms with Gasteiger partial charge in [0.2, 0.25) is 0 Å². The van der Waals surface area contributed by atoms with Crippen LogP contribution in [0.3, 0.4) is 0 Å². The molecule has 0 saturated carbocycles. The van der Waals surface area contributed by atoms with E-state index in [9.17, 15) is 22.6 Å². The zero-order valence-corrected chi connectivity index (χ0v) is 16.9. The van der Waals surface area contributed by atoms with Gasteiger partial charge in [-0.05, 0) is 49.2 Å². The highest BCUT2D eigenvalue weighted by molar-refractivity contribution is 7.84. The second kappa shape index (κ2) is 6.01. The van der Waals surface area contributed by atoms with Crippen molar-refractivity contribution in [3.63, 3.8) is 0 Å². The number of aromatic nitrogens is 2. The molecule has 0 unspecified atom stereocenters. The summed E-state index contributed by atoms with van der Waals surface area (Å²) in [5.41, 5.74) is 1.48. The molecule has 7 nitrogen and oxygen atoms in total. The standard InChI is InChI=1S/C22H16N2O5S/c1-11-6-5-9-16-18(11)22(26)19-12(2)20-14(10-17(19)24(16)30(27,28)29)21(25)13-7-3-4-8-15(13)23-20/h3-10H,1-2H3,(H,23,25)(H,27,28,29). The second-order valence-electron chi connectivity index (χ2n) is 7.36. The number of aromatic amines is 1. The third-order valence-electron chi connectivity index (χ3n) is 5.61. The number of nitrogens with one attached hydrogen (secondary N) is 1. The van der Waals surface area contributed by atoms with Crippen LogP contribution in [0.1, 0.15) is 11.1 Å². The van der Waals surface area contributed by atoms with Gasteiger partial charge in [-0.15, -0.1) is 0 Å². The molecule has 8 heteroatoms. The normalized spacial score (nSPS) is 12.4. The molecule has 0 aliphatic rings. The SMILES string of the molecule is Cc1cccc2c1c(=O)c1c(C)c3[nH]c4ccccc4c(=O)c3cc1n2S(=O)(=O)O. The Morgan fingerprint density at radius 1 is 0.867 bits per heavy atom. The van der Waals surface area contributed by atoms with Crippen LogP contribution in [-0.2, 0) is 10.3 Å². The Kier molecular flexibility index (Phi) is 3.71. The lowest BCUT2D eigenvalue weighted by Crippen LogP contribution is -2.20. The quantitative estimate of drug-likeness (QED) is 0.319. The van der Waals surface area contributed by atoms with Crippen LogP contribution < -0.4 is 10.9 Å². The summed E-state index contributed by atoms with van der Waals surface area (Å²) < 4.78 is 35.5. The molecule has 30 heavy (non-hydrogen) atoms. The van der Waals surface area contributed by atoms with Crippen molar-refractivity contribution < 1.29 is 13.0 Å². The Bertz CT molecular complexity index is 1780. The van der Waals surface area contributed by atoms with Crippen LogP contribution in [0.2, 0.25) is 0 Å². The van der Waals surface area contributed by atoms with E-state index in [2.05, 4.69) is 4.98 Å². The maximum absolute atomic E-state index is 13.4. The van der Waals surface area contributed by atoms with Crippen molar-refractivity contribution in [2.45, 2.75) is 13.8 Å². The minimum atomic E-state index is -4.76. The van der Waals surface area contributed by atoms with E-state index in [1.807, 2.05) is 0 Å². The average molecular weight is 420 g/mol. The Hall–Kier alpha value is -3.49. The molecule has 0 atom stereocenters. The van der Waals surface area contributed by atoms with E-state index < -0.39 is 10.3 Å². The fraction of sp³-hybridized carbons (Fsp3) is 0.0909. The molecule has 0 saturated heterocycles. The number of nitrogens with zero attached hydrogens (tertiary/aromatic N) is 1. The van der Waals surface area contributed by atoms with Gasteiger partial charge < -0.3 is 4.98 Å². The molecule has 2 N–H and O–H groups in total. The first-order chi connectivity index (χ1) is 14.2. The van der Waals surface area contributed by atoms with E-state index in [-0.39, 0.29) is 38.0 Å². The molecule has 5 rings (SSSR count). The maximum Gasteiger partial charge on any atom is 0.364 e. The van der Waals surface area contributed by atoms with Crippen LogP contribution in [0, 0.1) is 13.8 Å². The summed E-state index contributed by atoms with van der Waals surface area (Å²) in [4.78, 5) is 29.7. The number of hydrogen-bond acceptors (Lipinski definition) is 4. The van der Waals surface area contributed by atoms with Gasteiger partial charge in [-0.3, -0.25) is 14.1 Å². The van der Waals surface area contributed by atoms with Gasteiger partial charge in [0, 0.05) is 16.3 Å². The summed E-state index contributed by atoms with van der Waals surface area (Å²) in [6.07, 6.45) is 0. The van der Waals surface area contributed by atoms with Crippen molar-refractivity contribution in [2.75, 3.05) is 0 Å². The molecule has 0 aliphatic carbocycles. The third kappa shape index (κ3) is 2.38. The average Bonchev–Trinajstić information content (AvgIpc) is 2.68. The van der Waals surface area contributed by atoms with E-state index in [1.54, 1.807) is 50.2 Å². The van der Waals surface area contributed by atoms with E-state index in [4.69, 9.17) is 0 Å². The Morgan fingerprint density at radius 2 is 1.60 bits per heavy atom. The second-order valence-corrected chi connectivity index (χ2v) is 8.62. The van der Waals surface area contributed by atoms with Gasteiger partial charge in [0.05, 0.1) is 27.3 Å². The number of hydrogen-bond donors (Lipinski definition) is 2. The fourth-order valence-electron chi connectivity index (χ4n) is 4.28. The molecule has 0 bridgehead atoms. The van der Waals surface area contributed by atoms with Crippen LogP contribution in [0.4, 0.5) is 0 Å². The lowest BCUT2D eigenvalue weighted by molar-refractivity contribution is 0.476. The Morgan fingerprint density at radius 3 is 2.33 bits per heavy atom. The van der Waals surface area contributed by atoms with Gasteiger partial charge >= 0.3 is 10.3 Å². The molecule has 0 aliphatic heterocycles. The van der Waals surface area contributed by atoms with Crippen molar-refractivity contribution in [3.05, 3.63) is 80.1 Å². The lowest BCUT2D eigenvalue weighted by Gasteiger charge is -2.16. The first kappa shape index (κ1) is 18.5. The third-order valence-corrected chi connectivity index (χ3v) is 6.46. The zero-order valence-electron chi connectivity index (χ0n) is 16.1. The summed E-state index contributed by atoms with van der Waals surface area (Å²) in [6.45, 7) is 3.37. The first-order valence-corrected chi connectivity index (χ1v) is 10.6. The molecular formula is C22H16N2O5S. The number of fused-ring (bicyclic) bond motifs is 4. The molecule has 2 heterocycles. The lowest BCUT2D eigenvalue weighted by atomic mass is 9.99. The number of H-pyrrole nitrogens is 1. The number of para-hydroxylation sites is 1. The number of rotatable bonds is 1. The summed E-state index contributed by atoms with van der Waals surface area (Å²) in [6, 6.07) is 13.1.